The van der Waals surface area contributed by atoms with Crippen LogP contribution < -0.4 is 0 Å². The molecule has 0 saturated carbocycles. The van der Waals surface area contributed by atoms with E-state index in [1.165, 1.54) is 6.08 Å². The summed E-state index contributed by atoms with van der Waals surface area (Å²) < 4.78 is 2.25. The first-order chi connectivity index (χ1) is 9.50. The lowest BCUT2D eigenvalue weighted by Crippen LogP contribution is -2.18. The summed E-state index contributed by atoms with van der Waals surface area (Å²) in [6.45, 7) is 3.87. The molecule has 4 nitrogen and oxygen atoms in total. The second-order valence-corrected chi connectivity index (χ2v) is 5.14. The topological polar surface area (TPSA) is 45.5 Å². The molecule has 2 aromatic rings. The van der Waals surface area contributed by atoms with Gasteiger partial charge in [0.05, 0.1) is 0 Å². The van der Waals surface area contributed by atoms with Crippen LogP contribution >= 0.6 is 0 Å². The predicted molar refractivity (Wildman–Crippen MR) is 81.9 cm³/mol. The van der Waals surface area contributed by atoms with E-state index in [-0.39, 0.29) is 0 Å². The van der Waals surface area contributed by atoms with Gasteiger partial charge in [0.25, 0.3) is 0 Å². The van der Waals surface area contributed by atoms with E-state index >= 15 is 0 Å². The maximum atomic E-state index is 10.7. The van der Waals surface area contributed by atoms with Crippen molar-refractivity contribution in [2.45, 2.75) is 13.5 Å². The highest BCUT2D eigenvalue weighted by Gasteiger charge is 2.11. The van der Waals surface area contributed by atoms with Crippen molar-refractivity contribution in [2.75, 3.05) is 20.6 Å². The summed E-state index contributed by atoms with van der Waals surface area (Å²) in [4.78, 5) is 12.9. The molecule has 0 radical (unpaired) electrons. The van der Waals surface area contributed by atoms with Crippen molar-refractivity contribution in [1.82, 2.24) is 9.47 Å². The lowest BCUT2D eigenvalue weighted by Gasteiger charge is -2.13. The molecule has 2 rings (SSSR count). The van der Waals surface area contributed by atoms with Crippen molar-refractivity contribution in [2.24, 2.45) is 0 Å². The number of rotatable bonds is 5. The van der Waals surface area contributed by atoms with Gasteiger partial charge in [-0.15, -0.1) is 0 Å². The zero-order valence-corrected chi connectivity index (χ0v) is 12.1. The Kier molecular flexibility index (Phi) is 4.25. The van der Waals surface area contributed by atoms with Crippen LogP contribution in [-0.4, -0.2) is 41.2 Å². The molecule has 0 saturated heterocycles. The monoisotopic (exact) mass is 272 g/mol. The lowest BCUT2D eigenvalue weighted by atomic mass is 10.1. The van der Waals surface area contributed by atoms with Gasteiger partial charge in [-0.25, -0.2) is 4.79 Å². The summed E-state index contributed by atoms with van der Waals surface area (Å²) in [6.07, 6.45) is 2.89. The van der Waals surface area contributed by atoms with E-state index in [9.17, 15) is 4.79 Å². The second-order valence-electron chi connectivity index (χ2n) is 5.14. The van der Waals surface area contributed by atoms with Crippen LogP contribution in [0.4, 0.5) is 0 Å². The van der Waals surface area contributed by atoms with Crippen molar-refractivity contribution >= 4 is 22.9 Å². The molecule has 0 unspecified atom stereocenters. The Hall–Kier alpha value is -2.07. The molecule has 0 bridgehead atoms. The first kappa shape index (κ1) is 14.3. The summed E-state index contributed by atoms with van der Waals surface area (Å²) in [6, 6.07) is 8.11. The molecule has 1 heterocycles. The SMILES string of the molecule is Cc1c(C=CC(=O)O)c2ccccc2n1CCN(C)C. The van der Waals surface area contributed by atoms with Gasteiger partial charge in [0.1, 0.15) is 0 Å². The molecule has 0 spiro atoms. The molecular formula is C16H20N2O2. The smallest absolute Gasteiger partial charge is 0.328 e. The van der Waals surface area contributed by atoms with Crippen LogP contribution in [0.15, 0.2) is 30.3 Å². The van der Waals surface area contributed by atoms with Gasteiger partial charge in [-0.3, -0.25) is 0 Å². The lowest BCUT2D eigenvalue weighted by molar-refractivity contribution is -0.131. The summed E-state index contributed by atoms with van der Waals surface area (Å²) in [7, 11) is 4.10. The molecule has 0 aliphatic carbocycles. The third-order valence-corrected chi connectivity index (χ3v) is 3.44. The van der Waals surface area contributed by atoms with Crippen LogP contribution in [0.5, 0.6) is 0 Å². The third-order valence-electron chi connectivity index (χ3n) is 3.44. The molecule has 106 valence electrons. The van der Waals surface area contributed by atoms with Gasteiger partial charge in [0, 0.05) is 41.3 Å². The Morgan fingerprint density at radius 2 is 2.05 bits per heavy atom. The van der Waals surface area contributed by atoms with Crippen LogP contribution in [0.3, 0.4) is 0 Å². The van der Waals surface area contributed by atoms with Gasteiger partial charge in [-0.05, 0) is 33.2 Å². The zero-order valence-electron chi connectivity index (χ0n) is 12.1. The summed E-state index contributed by atoms with van der Waals surface area (Å²) in [5.41, 5.74) is 3.24. The predicted octanol–water partition coefficient (Wildman–Crippen LogP) is 2.61. The van der Waals surface area contributed by atoms with Gasteiger partial charge < -0.3 is 14.6 Å². The van der Waals surface area contributed by atoms with Crippen LogP contribution in [-0.2, 0) is 11.3 Å². The second kappa shape index (κ2) is 5.92. The van der Waals surface area contributed by atoms with Gasteiger partial charge in [-0.2, -0.15) is 0 Å². The number of benzene rings is 1. The van der Waals surface area contributed by atoms with E-state index in [0.717, 1.165) is 35.2 Å². The number of carboxylic acids is 1. The first-order valence-electron chi connectivity index (χ1n) is 6.64. The van der Waals surface area contributed by atoms with E-state index < -0.39 is 5.97 Å². The average Bonchev–Trinajstić information content (AvgIpc) is 2.66. The van der Waals surface area contributed by atoms with E-state index in [1.54, 1.807) is 6.08 Å². The quantitative estimate of drug-likeness (QED) is 0.851. The molecule has 20 heavy (non-hydrogen) atoms. The minimum atomic E-state index is -0.922. The Morgan fingerprint density at radius 3 is 2.70 bits per heavy atom. The first-order valence-corrected chi connectivity index (χ1v) is 6.64. The van der Waals surface area contributed by atoms with Crippen LogP contribution in [0, 0.1) is 6.92 Å². The molecule has 0 amide bonds. The van der Waals surface area contributed by atoms with Gasteiger partial charge >= 0.3 is 5.97 Å². The maximum Gasteiger partial charge on any atom is 0.328 e. The Labute approximate surface area is 118 Å². The number of para-hydroxylation sites is 1. The summed E-state index contributed by atoms with van der Waals surface area (Å²) in [5, 5.41) is 9.92. The van der Waals surface area contributed by atoms with Crippen LogP contribution in [0.25, 0.3) is 17.0 Å². The van der Waals surface area contributed by atoms with Crippen LogP contribution in [0.2, 0.25) is 0 Å². The van der Waals surface area contributed by atoms with Crippen molar-refractivity contribution in [3.63, 3.8) is 0 Å². The number of aromatic nitrogens is 1. The number of fused-ring (bicyclic) bond motifs is 1. The Morgan fingerprint density at radius 1 is 1.35 bits per heavy atom. The van der Waals surface area contributed by atoms with Gasteiger partial charge in [0.2, 0.25) is 0 Å². The molecule has 4 heteroatoms. The molecule has 0 atom stereocenters. The number of aliphatic carboxylic acids is 1. The fraction of sp³-hybridized carbons (Fsp3) is 0.312. The van der Waals surface area contributed by atoms with Gasteiger partial charge in [-0.1, -0.05) is 18.2 Å². The molecule has 1 aromatic carbocycles. The average molecular weight is 272 g/mol. The minimum absolute atomic E-state index is 0.889. The molecular weight excluding hydrogens is 252 g/mol. The number of hydrogen-bond acceptors (Lipinski definition) is 2. The molecule has 1 aromatic heterocycles. The van der Waals surface area contributed by atoms with E-state index in [1.807, 2.05) is 39.2 Å². The number of likely N-dealkylation sites (N-methyl/N-ethyl adjacent to an activating group) is 1. The highest BCUT2D eigenvalue weighted by molar-refractivity contribution is 5.95. The Bertz CT molecular complexity index is 654. The highest BCUT2D eigenvalue weighted by atomic mass is 16.4. The van der Waals surface area contributed by atoms with E-state index in [2.05, 4.69) is 15.5 Å². The Balaban J connectivity index is 2.52. The molecule has 0 aliphatic rings. The van der Waals surface area contributed by atoms with Crippen molar-refractivity contribution in [1.29, 1.82) is 0 Å². The third kappa shape index (κ3) is 2.91. The number of carboxylic acid groups (broad SMARTS) is 1. The maximum absolute atomic E-state index is 10.7. The van der Waals surface area contributed by atoms with Crippen molar-refractivity contribution in [3.05, 3.63) is 41.6 Å². The largest absolute Gasteiger partial charge is 0.478 e. The number of nitrogens with zero attached hydrogens (tertiary/aromatic N) is 2. The number of carbonyl (C=O) groups is 1. The zero-order chi connectivity index (χ0) is 14.7. The minimum Gasteiger partial charge on any atom is -0.478 e. The molecule has 0 fully saturated rings. The van der Waals surface area contributed by atoms with E-state index in [4.69, 9.17) is 5.11 Å². The van der Waals surface area contributed by atoms with Gasteiger partial charge in [0.15, 0.2) is 0 Å². The fourth-order valence-corrected chi connectivity index (χ4v) is 2.41. The van der Waals surface area contributed by atoms with Crippen molar-refractivity contribution in [3.8, 4) is 0 Å². The highest BCUT2D eigenvalue weighted by Crippen LogP contribution is 2.26. The normalized spacial score (nSPS) is 11.8. The molecule has 0 aliphatic heterocycles. The van der Waals surface area contributed by atoms with E-state index in [0.29, 0.717) is 0 Å². The summed E-state index contributed by atoms with van der Waals surface area (Å²) in [5.74, 6) is -0.922. The standard InChI is InChI=1S/C16H20N2O2/c1-12-13(8-9-16(19)20)14-6-4-5-7-15(14)18(12)11-10-17(2)3/h4-9H,10-11H2,1-3H3,(H,19,20). The van der Waals surface area contributed by atoms with Crippen LogP contribution in [0.1, 0.15) is 11.3 Å². The van der Waals surface area contributed by atoms with Crippen molar-refractivity contribution < 1.29 is 9.90 Å². The summed E-state index contributed by atoms with van der Waals surface area (Å²) >= 11 is 0. The fourth-order valence-electron chi connectivity index (χ4n) is 2.41. The number of hydrogen-bond donors (Lipinski definition) is 1. The molecule has 1 N–H and O–H groups in total.